The summed E-state index contributed by atoms with van der Waals surface area (Å²) in [5.74, 6) is -0.496. The number of carbonyl (C=O) groups is 2. The number of aryl methyl sites for hydroxylation is 1. The first-order valence-corrected chi connectivity index (χ1v) is 16.9. The molecule has 48 heavy (non-hydrogen) atoms. The summed E-state index contributed by atoms with van der Waals surface area (Å²) in [6.07, 6.45) is 2.23. The third-order valence-corrected chi connectivity index (χ3v) is 9.73. The largest absolute Gasteiger partial charge is 0.448 e. The van der Waals surface area contributed by atoms with E-state index in [-0.39, 0.29) is 53.6 Å². The van der Waals surface area contributed by atoms with Crippen LogP contribution in [0.5, 0.6) is 0 Å². The monoisotopic (exact) mass is 667 g/mol. The number of anilines is 2. The second kappa shape index (κ2) is 15.0. The average Bonchev–Trinajstić information content (AvgIpc) is 3.42. The van der Waals surface area contributed by atoms with Crippen LogP contribution in [-0.4, -0.2) is 66.2 Å². The molecule has 1 aliphatic carbocycles. The number of nitrogen functional groups attached to an aromatic ring is 2. The van der Waals surface area contributed by atoms with Crippen LogP contribution in [0, 0.1) is 18.8 Å². The van der Waals surface area contributed by atoms with Crippen molar-refractivity contribution in [2.45, 2.75) is 32.1 Å². The molecule has 10 nitrogen and oxygen atoms in total. The molecule has 6 N–H and O–H groups in total. The molecule has 4 aromatic rings. The second-order valence-corrected chi connectivity index (χ2v) is 13.1. The second-order valence-electron chi connectivity index (χ2n) is 12.7. The molecule has 2 aliphatic rings. The van der Waals surface area contributed by atoms with Gasteiger partial charge in [-0.3, -0.25) is 4.79 Å². The number of benzene rings is 3. The Morgan fingerprint density at radius 1 is 0.958 bits per heavy atom. The smallest absolute Gasteiger partial charge is 0.409 e. The Bertz CT molecular complexity index is 1730. The summed E-state index contributed by atoms with van der Waals surface area (Å²) in [6.45, 7) is 5.36. The Hall–Kier alpha value is -4.67. The lowest BCUT2D eigenvalue weighted by molar-refractivity contribution is 0.0828. The summed E-state index contributed by atoms with van der Waals surface area (Å²) in [5.41, 5.74) is 18.6. The molecule has 2 amide bonds. The van der Waals surface area contributed by atoms with Crippen LogP contribution >= 0.6 is 11.6 Å². The third-order valence-electron chi connectivity index (χ3n) is 9.45. The number of piperidine rings is 1. The van der Waals surface area contributed by atoms with Crippen molar-refractivity contribution in [1.29, 1.82) is 0 Å². The van der Waals surface area contributed by atoms with Gasteiger partial charge in [-0.2, -0.15) is 0 Å². The number of hydrogen-bond acceptors (Lipinski definition) is 8. The van der Waals surface area contributed by atoms with Gasteiger partial charge in [0.15, 0.2) is 22.5 Å². The average molecular weight is 668 g/mol. The number of rotatable bonds is 11. The van der Waals surface area contributed by atoms with Gasteiger partial charge in [-0.15, -0.1) is 0 Å². The summed E-state index contributed by atoms with van der Waals surface area (Å²) in [4.78, 5) is 37.1. The van der Waals surface area contributed by atoms with E-state index in [1.165, 1.54) is 22.3 Å². The fourth-order valence-corrected chi connectivity index (χ4v) is 7.00. The quantitative estimate of drug-likeness (QED) is 0.165. The molecule has 6 rings (SSSR count). The van der Waals surface area contributed by atoms with Crippen molar-refractivity contribution in [3.8, 4) is 11.1 Å². The number of nitrogens with zero attached hydrogens (tertiary/aromatic N) is 3. The summed E-state index contributed by atoms with van der Waals surface area (Å²) in [6, 6.07) is 24.8. The molecule has 0 saturated carbocycles. The van der Waals surface area contributed by atoms with Crippen molar-refractivity contribution in [1.82, 2.24) is 25.5 Å². The zero-order valence-electron chi connectivity index (χ0n) is 27.1. The summed E-state index contributed by atoms with van der Waals surface area (Å²) < 4.78 is 6.18. The SMILES string of the molecule is Cc1ccccc1C[C@@H](CNC(=O)c1nc(Cl)c(N)nc1N)CN(CC1CCNCC1)C(=O)OCC1c2ccccc2-c2ccccc21. The first-order chi connectivity index (χ1) is 23.3. The predicted octanol–water partition coefficient (Wildman–Crippen LogP) is 5.44. The molecule has 0 radical (unpaired) electrons. The van der Waals surface area contributed by atoms with Crippen LogP contribution in [0.4, 0.5) is 16.4 Å². The molecule has 1 atom stereocenters. The van der Waals surface area contributed by atoms with E-state index in [1.54, 1.807) is 0 Å². The molecule has 0 bridgehead atoms. The van der Waals surface area contributed by atoms with E-state index in [0.29, 0.717) is 25.4 Å². The summed E-state index contributed by atoms with van der Waals surface area (Å²) >= 11 is 6.05. The maximum atomic E-state index is 14.1. The maximum Gasteiger partial charge on any atom is 0.409 e. The molecule has 250 valence electrons. The molecular formula is C37H42ClN7O3. The topological polar surface area (TPSA) is 148 Å². The van der Waals surface area contributed by atoms with E-state index in [2.05, 4.69) is 63.9 Å². The zero-order chi connectivity index (χ0) is 33.6. The number of nitrogens with one attached hydrogen (secondary N) is 2. The highest BCUT2D eigenvalue weighted by Gasteiger charge is 2.31. The van der Waals surface area contributed by atoms with Crippen molar-refractivity contribution in [2.24, 2.45) is 11.8 Å². The van der Waals surface area contributed by atoms with E-state index in [1.807, 2.05) is 41.3 Å². The van der Waals surface area contributed by atoms with Gasteiger partial charge in [0, 0.05) is 25.6 Å². The summed E-state index contributed by atoms with van der Waals surface area (Å²) in [7, 11) is 0. The number of nitrogens with two attached hydrogens (primary N) is 2. The van der Waals surface area contributed by atoms with Crippen LogP contribution < -0.4 is 22.1 Å². The Kier molecular flexibility index (Phi) is 10.4. The van der Waals surface area contributed by atoms with Gasteiger partial charge in [-0.05, 0) is 84.5 Å². The van der Waals surface area contributed by atoms with Crippen LogP contribution in [0.25, 0.3) is 11.1 Å². The molecule has 1 aliphatic heterocycles. The number of amides is 2. The van der Waals surface area contributed by atoms with Crippen LogP contribution in [0.2, 0.25) is 5.15 Å². The predicted molar refractivity (Wildman–Crippen MR) is 189 cm³/mol. The molecule has 1 aromatic heterocycles. The third kappa shape index (κ3) is 7.55. The normalized spacial score (nSPS) is 15.0. The van der Waals surface area contributed by atoms with E-state index in [4.69, 9.17) is 27.8 Å². The van der Waals surface area contributed by atoms with Gasteiger partial charge in [0.1, 0.15) is 6.61 Å². The lowest BCUT2D eigenvalue weighted by atomic mass is 9.94. The molecular weight excluding hydrogens is 626 g/mol. The van der Waals surface area contributed by atoms with Crippen LogP contribution in [0.15, 0.2) is 72.8 Å². The van der Waals surface area contributed by atoms with Crippen LogP contribution in [-0.2, 0) is 11.2 Å². The number of hydrogen-bond donors (Lipinski definition) is 4. The Morgan fingerprint density at radius 3 is 2.29 bits per heavy atom. The van der Waals surface area contributed by atoms with Gasteiger partial charge < -0.3 is 31.7 Å². The lowest BCUT2D eigenvalue weighted by Crippen LogP contribution is -2.45. The Labute approximate surface area is 286 Å². The molecule has 1 fully saturated rings. The molecule has 0 unspecified atom stereocenters. The number of halogens is 1. The van der Waals surface area contributed by atoms with E-state index >= 15 is 0 Å². The molecule has 3 aromatic carbocycles. The van der Waals surface area contributed by atoms with Crippen molar-refractivity contribution in [3.63, 3.8) is 0 Å². The zero-order valence-corrected chi connectivity index (χ0v) is 27.9. The highest BCUT2D eigenvalue weighted by molar-refractivity contribution is 6.31. The van der Waals surface area contributed by atoms with Gasteiger partial charge in [-0.1, -0.05) is 84.4 Å². The van der Waals surface area contributed by atoms with Crippen molar-refractivity contribution < 1.29 is 14.3 Å². The number of aromatic nitrogens is 2. The minimum absolute atomic E-state index is 0.0394. The minimum Gasteiger partial charge on any atom is -0.448 e. The molecule has 0 spiro atoms. The Balaban J connectivity index is 1.22. The number of ether oxygens (including phenoxy) is 1. The molecule has 1 saturated heterocycles. The van der Waals surface area contributed by atoms with Crippen molar-refractivity contribution in [3.05, 3.63) is 106 Å². The fraction of sp³-hybridized carbons (Fsp3) is 0.351. The van der Waals surface area contributed by atoms with Gasteiger partial charge >= 0.3 is 6.09 Å². The van der Waals surface area contributed by atoms with E-state index < -0.39 is 5.91 Å². The fourth-order valence-electron chi connectivity index (χ4n) is 6.88. The van der Waals surface area contributed by atoms with E-state index in [9.17, 15) is 9.59 Å². The van der Waals surface area contributed by atoms with Gasteiger partial charge in [0.2, 0.25) is 0 Å². The molecule has 2 heterocycles. The standard InChI is InChI=1S/C37H42ClN7O3/c1-23-8-2-3-9-26(23)18-25(19-42-36(46)32-34(39)44-35(40)33(38)43-32)21-45(20-24-14-16-41-17-15-24)37(47)48-22-31-29-12-6-4-10-27(29)28-11-5-7-13-30(28)31/h2-13,24-25,31,41H,14-22H2,1H3,(H,42,46)(H4,39,40,44)/t25-/m0/s1. The van der Waals surface area contributed by atoms with E-state index in [0.717, 1.165) is 37.1 Å². The van der Waals surface area contributed by atoms with Crippen LogP contribution in [0.3, 0.4) is 0 Å². The van der Waals surface area contributed by atoms with Gasteiger partial charge in [-0.25, -0.2) is 14.8 Å². The highest BCUT2D eigenvalue weighted by atomic mass is 35.5. The van der Waals surface area contributed by atoms with Gasteiger partial charge in [0.25, 0.3) is 5.91 Å². The summed E-state index contributed by atoms with van der Waals surface area (Å²) in [5, 5.41) is 6.29. The maximum absolute atomic E-state index is 14.1. The molecule has 11 heteroatoms. The van der Waals surface area contributed by atoms with Gasteiger partial charge in [0.05, 0.1) is 0 Å². The van der Waals surface area contributed by atoms with Crippen LogP contribution in [0.1, 0.15) is 51.5 Å². The van der Waals surface area contributed by atoms with Crippen molar-refractivity contribution >= 4 is 35.2 Å². The first-order valence-electron chi connectivity index (χ1n) is 16.5. The highest BCUT2D eigenvalue weighted by Crippen LogP contribution is 2.44. The number of fused-ring (bicyclic) bond motifs is 3. The van der Waals surface area contributed by atoms with Crippen molar-refractivity contribution in [2.75, 3.05) is 50.8 Å². The first kappa shape index (κ1) is 33.2. The lowest BCUT2D eigenvalue weighted by Gasteiger charge is -2.32. The minimum atomic E-state index is -0.511. The number of carbonyl (C=O) groups excluding carboxylic acids is 2. The Morgan fingerprint density at radius 2 is 1.60 bits per heavy atom.